The normalized spacial score (nSPS) is 17.8. The molecule has 0 aliphatic carbocycles. The van der Waals surface area contributed by atoms with Gasteiger partial charge in [0.1, 0.15) is 0 Å². The topological polar surface area (TPSA) is 69.7 Å². The number of benzene rings is 1. The lowest BCUT2D eigenvalue weighted by molar-refractivity contribution is -0.126. The van der Waals surface area contributed by atoms with Crippen LogP contribution in [0.5, 0.6) is 0 Å². The zero-order valence-corrected chi connectivity index (χ0v) is 17.8. The summed E-state index contributed by atoms with van der Waals surface area (Å²) >= 11 is 0. The minimum Gasteiger partial charge on any atom is -0.354 e. The van der Waals surface area contributed by atoms with E-state index in [2.05, 4.69) is 55.3 Å². The molecule has 1 aromatic rings. The number of rotatable bonds is 8. The fourth-order valence-electron chi connectivity index (χ4n) is 3.70. The summed E-state index contributed by atoms with van der Waals surface area (Å²) in [6, 6.07) is 8.62. The molecule has 1 aromatic carbocycles. The average molecular weight is 396 g/mol. The fourth-order valence-corrected chi connectivity index (χ4v) is 4.58. The van der Waals surface area contributed by atoms with E-state index in [1.165, 1.54) is 21.7 Å². The van der Waals surface area contributed by atoms with Crippen LogP contribution in [-0.2, 0) is 14.8 Å². The van der Waals surface area contributed by atoms with Crippen molar-refractivity contribution in [3.05, 3.63) is 35.4 Å². The number of aryl methyl sites for hydroxylation is 1. The van der Waals surface area contributed by atoms with Gasteiger partial charge in [-0.2, -0.15) is 0 Å². The molecule has 1 heterocycles. The summed E-state index contributed by atoms with van der Waals surface area (Å²) in [6.07, 6.45) is 2.39. The Hall–Kier alpha value is -1.44. The molecule has 1 aliphatic rings. The maximum absolute atomic E-state index is 12.6. The molecule has 6 nitrogen and oxygen atoms in total. The molecule has 1 fully saturated rings. The zero-order valence-electron chi connectivity index (χ0n) is 16.9. The lowest BCUT2D eigenvalue weighted by Gasteiger charge is -2.32. The van der Waals surface area contributed by atoms with Gasteiger partial charge in [-0.05, 0) is 38.4 Å². The summed E-state index contributed by atoms with van der Waals surface area (Å²) in [5.74, 6) is -0.0780. The van der Waals surface area contributed by atoms with Gasteiger partial charge in [0, 0.05) is 25.6 Å². The highest BCUT2D eigenvalue weighted by Crippen LogP contribution is 2.22. The molecule has 2 rings (SSSR count). The largest absolute Gasteiger partial charge is 0.354 e. The molecule has 1 N–H and O–H groups in total. The standard InChI is InChI=1S/C20H33N3O3S/c1-5-22(6-2)19(17-9-7-16(3)8-10-17)15-21-20(24)18-11-13-23(14-12-18)27(4,25)26/h7-10,18-19H,5-6,11-15H2,1-4H3,(H,21,24). The Morgan fingerprint density at radius 3 is 2.22 bits per heavy atom. The summed E-state index contributed by atoms with van der Waals surface area (Å²) in [7, 11) is -3.16. The van der Waals surface area contributed by atoms with Gasteiger partial charge in [-0.1, -0.05) is 43.7 Å². The second-order valence-corrected chi connectivity index (χ2v) is 9.31. The molecule has 1 unspecified atom stereocenters. The summed E-state index contributed by atoms with van der Waals surface area (Å²) in [5.41, 5.74) is 2.43. The van der Waals surface area contributed by atoms with Crippen LogP contribution in [0.15, 0.2) is 24.3 Å². The van der Waals surface area contributed by atoms with E-state index in [-0.39, 0.29) is 17.9 Å². The van der Waals surface area contributed by atoms with Crippen LogP contribution in [0.25, 0.3) is 0 Å². The Bertz CT molecular complexity index is 706. The number of nitrogens with zero attached hydrogens (tertiary/aromatic N) is 2. The minimum atomic E-state index is -3.16. The Morgan fingerprint density at radius 2 is 1.74 bits per heavy atom. The molecule has 1 amide bonds. The number of carbonyl (C=O) groups excluding carboxylic acids is 1. The third-order valence-electron chi connectivity index (χ3n) is 5.48. The minimum absolute atomic E-state index is 0.0346. The molecule has 1 atom stereocenters. The van der Waals surface area contributed by atoms with Crippen LogP contribution in [0.4, 0.5) is 0 Å². The Morgan fingerprint density at radius 1 is 1.19 bits per heavy atom. The quantitative estimate of drug-likeness (QED) is 0.732. The van der Waals surface area contributed by atoms with Crippen molar-refractivity contribution in [2.45, 2.75) is 39.7 Å². The number of carbonyl (C=O) groups is 1. The average Bonchev–Trinajstić information content (AvgIpc) is 2.65. The van der Waals surface area contributed by atoms with Crippen molar-refractivity contribution in [3.63, 3.8) is 0 Å². The van der Waals surface area contributed by atoms with Gasteiger partial charge in [0.2, 0.25) is 15.9 Å². The molecule has 0 aromatic heterocycles. The Balaban J connectivity index is 1.98. The van der Waals surface area contributed by atoms with Crippen molar-refractivity contribution in [2.24, 2.45) is 5.92 Å². The number of nitrogens with one attached hydrogen (secondary N) is 1. The van der Waals surface area contributed by atoms with E-state index in [1.54, 1.807) is 0 Å². The lowest BCUT2D eigenvalue weighted by atomic mass is 9.96. The summed E-state index contributed by atoms with van der Waals surface area (Å²) < 4.78 is 24.7. The molecule has 27 heavy (non-hydrogen) atoms. The lowest BCUT2D eigenvalue weighted by Crippen LogP contribution is -2.44. The van der Waals surface area contributed by atoms with Crippen LogP contribution in [0.2, 0.25) is 0 Å². The molecular weight excluding hydrogens is 362 g/mol. The highest BCUT2D eigenvalue weighted by atomic mass is 32.2. The van der Waals surface area contributed by atoms with E-state index in [4.69, 9.17) is 0 Å². The number of hydrogen-bond acceptors (Lipinski definition) is 4. The van der Waals surface area contributed by atoms with Crippen LogP contribution in [-0.4, -0.2) is 62.5 Å². The first-order valence-electron chi connectivity index (χ1n) is 9.79. The second-order valence-electron chi connectivity index (χ2n) is 7.33. The molecular formula is C20H33N3O3S. The second kappa shape index (κ2) is 9.66. The van der Waals surface area contributed by atoms with Gasteiger partial charge in [-0.3, -0.25) is 9.69 Å². The summed E-state index contributed by atoms with van der Waals surface area (Å²) in [6.45, 7) is 9.58. The van der Waals surface area contributed by atoms with E-state index in [1.807, 2.05) is 0 Å². The molecule has 0 radical (unpaired) electrons. The Labute approximate surface area is 164 Å². The van der Waals surface area contributed by atoms with Gasteiger partial charge in [0.05, 0.1) is 12.3 Å². The number of piperidine rings is 1. The molecule has 0 saturated carbocycles. The van der Waals surface area contributed by atoms with E-state index >= 15 is 0 Å². The van der Waals surface area contributed by atoms with Crippen molar-refractivity contribution >= 4 is 15.9 Å². The van der Waals surface area contributed by atoms with Crippen LogP contribution >= 0.6 is 0 Å². The molecule has 0 spiro atoms. The van der Waals surface area contributed by atoms with Crippen LogP contribution < -0.4 is 5.32 Å². The predicted octanol–water partition coefficient (Wildman–Crippen LogP) is 2.17. The first kappa shape index (κ1) is 21.9. The monoisotopic (exact) mass is 395 g/mol. The molecule has 0 bridgehead atoms. The number of sulfonamides is 1. The maximum atomic E-state index is 12.6. The molecule has 152 valence electrons. The van der Waals surface area contributed by atoms with Crippen LogP contribution in [0.1, 0.15) is 43.9 Å². The first-order chi connectivity index (χ1) is 12.8. The zero-order chi connectivity index (χ0) is 20.0. The van der Waals surface area contributed by atoms with Crippen molar-refractivity contribution in [2.75, 3.05) is 39.0 Å². The smallest absolute Gasteiger partial charge is 0.223 e. The number of likely N-dealkylation sites (N-methyl/N-ethyl adjacent to an activating group) is 1. The van der Waals surface area contributed by atoms with Gasteiger partial charge in [0.25, 0.3) is 0 Å². The van der Waals surface area contributed by atoms with E-state index in [0.717, 1.165) is 13.1 Å². The predicted molar refractivity (Wildman–Crippen MR) is 109 cm³/mol. The van der Waals surface area contributed by atoms with Crippen LogP contribution in [0, 0.1) is 12.8 Å². The fraction of sp³-hybridized carbons (Fsp3) is 0.650. The van der Waals surface area contributed by atoms with E-state index in [0.29, 0.717) is 32.5 Å². The van der Waals surface area contributed by atoms with Gasteiger partial charge >= 0.3 is 0 Å². The van der Waals surface area contributed by atoms with Gasteiger partial charge in [-0.15, -0.1) is 0 Å². The third-order valence-corrected chi connectivity index (χ3v) is 6.78. The van der Waals surface area contributed by atoms with Gasteiger partial charge in [0.15, 0.2) is 0 Å². The maximum Gasteiger partial charge on any atom is 0.223 e. The highest BCUT2D eigenvalue weighted by Gasteiger charge is 2.29. The number of amides is 1. The van der Waals surface area contributed by atoms with Crippen molar-refractivity contribution < 1.29 is 13.2 Å². The van der Waals surface area contributed by atoms with Crippen molar-refractivity contribution in [1.82, 2.24) is 14.5 Å². The molecule has 1 aliphatic heterocycles. The summed E-state index contributed by atoms with van der Waals surface area (Å²) in [5, 5.41) is 3.12. The molecule has 1 saturated heterocycles. The Kier molecular flexibility index (Phi) is 7.82. The van der Waals surface area contributed by atoms with Gasteiger partial charge in [-0.25, -0.2) is 12.7 Å². The first-order valence-corrected chi connectivity index (χ1v) is 11.6. The third kappa shape index (κ3) is 6.02. The summed E-state index contributed by atoms with van der Waals surface area (Å²) in [4.78, 5) is 15.0. The highest BCUT2D eigenvalue weighted by molar-refractivity contribution is 7.88. The SMILES string of the molecule is CCN(CC)C(CNC(=O)C1CCN(S(C)(=O)=O)CC1)c1ccc(C)cc1. The number of hydrogen-bond donors (Lipinski definition) is 1. The molecule has 7 heteroatoms. The van der Waals surface area contributed by atoms with E-state index in [9.17, 15) is 13.2 Å². The van der Waals surface area contributed by atoms with Crippen molar-refractivity contribution in [3.8, 4) is 0 Å². The van der Waals surface area contributed by atoms with Gasteiger partial charge < -0.3 is 5.32 Å². The van der Waals surface area contributed by atoms with Crippen LogP contribution in [0.3, 0.4) is 0 Å². The van der Waals surface area contributed by atoms with Crippen molar-refractivity contribution in [1.29, 1.82) is 0 Å². The van der Waals surface area contributed by atoms with E-state index < -0.39 is 10.0 Å².